The van der Waals surface area contributed by atoms with Gasteiger partial charge in [-0.05, 0) is 30.7 Å². The van der Waals surface area contributed by atoms with E-state index in [4.69, 9.17) is 4.74 Å². The van der Waals surface area contributed by atoms with Crippen molar-refractivity contribution in [3.8, 4) is 5.75 Å². The van der Waals surface area contributed by atoms with Crippen molar-refractivity contribution >= 4 is 27.8 Å². The first-order valence-corrected chi connectivity index (χ1v) is 9.41. The standard InChI is InChI=1S/C23H22N2O2/c1-2-3-8-15-25-16-19(17-9-5-7-12-21(17)25)23(26)27-22-13-14-24-20-11-6-4-10-18(20)22/h4-7,9-14,16H,2-3,8,15H2,1H3. The van der Waals surface area contributed by atoms with Gasteiger partial charge in [0.2, 0.25) is 0 Å². The fourth-order valence-corrected chi connectivity index (χ4v) is 3.44. The zero-order valence-electron chi connectivity index (χ0n) is 15.4. The summed E-state index contributed by atoms with van der Waals surface area (Å²) in [5, 5.41) is 1.76. The molecule has 4 aromatic rings. The summed E-state index contributed by atoms with van der Waals surface area (Å²) in [7, 11) is 0. The molecule has 0 aliphatic rings. The Labute approximate surface area is 158 Å². The fourth-order valence-electron chi connectivity index (χ4n) is 3.44. The van der Waals surface area contributed by atoms with E-state index in [2.05, 4.69) is 22.5 Å². The zero-order valence-corrected chi connectivity index (χ0v) is 15.4. The van der Waals surface area contributed by atoms with Gasteiger partial charge in [0.05, 0.1) is 11.1 Å². The average Bonchev–Trinajstić information content (AvgIpc) is 3.08. The Morgan fingerprint density at radius 3 is 2.63 bits per heavy atom. The summed E-state index contributed by atoms with van der Waals surface area (Å²) in [5.41, 5.74) is 2.48. The number of hydrogen-bond acceptors (Lipinski definition) is 3. The minimum atomic E-state index is -0.336. The monoisotopic (exact) mass is 358 g/mol. The highest BCUT2D eigenvalue weighted by molar-refractivity contribution is 6.05. The molecule has 4 heteroatoms. The van der Waals surface area contributed by atoms with E-state index in [1.165, 1.54) is 12.8 Å². The Balaban J connectivity index is 1.68. The molecule has 0 aliphatic carbocycles. The molecular weight excluding hydrogens is 336 g/mol. The van der Waals surface area contributed by atoms with Crippen molar-refractivity contribution in [3.05, 3.63) is 72.6 Å². The lowest BCUT2D eigenvalue weighted by Gasteiger charge is -2.06. The number of fused-ring (bicyclic) bond motifs is 2. The largest absolute Gasteiger partial charge is 0.422 e. The number of ether oxygens (including phenoxy) is 1. The number of pyridine rings is 1. The maximum Gasteiger partial charge on any atom is 0.345 e. The van der Waals surface area contributed by atoms with Crippen molar-refractivity contribution in [3.63, 3.8) is 0 Å². The summed E-state index contributed by atoms with van der Waals surface area (Å²) >= 11 is 0. The minimum absolute atomic E-state index is 0.336. The van der Waals surface area contributed by atoms with E-state index in [-0.39, 0.29) is 5.97 Å². The van der Waals surface area contributed by atoms with Crippen LogP contribution in [0.3, 0.4) is 0 Å². The van der Waals surface area contributed by atoms with Crippen LogP contribution in [-0.2, 0) is 6.54 Å². The molecular formula is C23H22N2O2. The highest BCUT2D eigenvalue weighted by Gasteiger charge is 2.17. The second-order valence-electron chi connectivity index (χ2n) is 6.68. The average molecular weight is 358 g/mol. The molecule has 136 valence electrons. The van der Waals surface area contributed by atoms with Crippen molar-refractivity contribution in [1.29, 1.82) is 0 Å². The van der Waals surface area contributed by atoms with Gasteiger partial charge >= 0.3 is 5.97 Å². The normalized spacial score (nSPS) is 11.1. The van der Waals surface area contributed by atoms with Crippen LogP contribution in [0.4, 0.5) is 0 Å². The molecule has 0 atom stereocenters. The second-order valence-corrected chi connectivity index (χ2v) is 6.68. The number of hydrogen-bond donors (Lipinski definition) is 0. The molecule has 4 nitrogen and oxygen atoms in total. The Hall–Kier alpha value is -3.14. The maximum atomic E-state index is 13.0. The van der Waals surface area contributed by atoms with E-state index in [0.29, 0.717) is 11.3 Å². The predicted octanol–water partition coefficient (Wildman–Crippen LogP) is 5.60. The Bertz CT molecular complexity index is 1090. The quantitative estimate of drug-likeness (QED) is 0.333. The molecule has 4 rings (SSSR count). The third-order valence-corrected chi connectivity index (χ3v) is 4.82. The third kappa shape index (κ3) is 3.43. The molecule has 2 heterocycles. The number of unbranched alkanes of at least 4 members (excludes halogenated alkanes) is 2. The van der Waals surface area contributed by atoms with Gasteiger partial charge in [0.1, 0.15) is 5.75 Å². The van der Waals surface area contributed by atoms with Gasteiger partial charge in [-0.3, -0.25) is 4.98 Å². The van der Waals surface area contributed by atoms with Crippen LogP contribution in [0, 0.1) is 0 Å². The van der Waals surface area contributed by atoms with E-state index >= 15 is 0 Å². The topological polar surface area (TPSA) is 44.1 Å². The van der Waals surface area contributed by atoms with Crippen LogP contribution < -0.4 is 4.74 Å². The van der Waals surface area contributed by atoms with Crippen LogP contribution in [0.1, 0.15) is 36.5 Å². The highest BCUT2D eigenvalue weighted by atomic mass is 16.5. The number of nitrogens with zero attached hydrogens (tertiary/aromatic N) is 2. The predicted molar refractivity (Wildman–Crippen MR) is 108 cm³/mol. The fraction of sp³-hybridized carbons (Fsp3) is 0.217. The number of aryl methyl sites for hydroxylation is 1. The number of aromatic nitrogens is 2. The van der Waals surface area contributed by atoms with Crippen molar-refractivity contribution in [2.75, 3.05) is 0 Å². The molecule has 0 amide bonds. The molecule has 0 saturated carbocycles. The number of benzene rings is 2. The van der Waals surface area contributed by atoms with Crippen molar-refractivity contribution in [2.24, 2.45) is 0 Å². The molecule has 27 heavy (non-hydrogen) atoms. The maximum absolute atomic E-state index is 13.0. The van der Waals surface area contributed by atoms with Gasteiger partial charge in [-0.1, -0.05) is 50.1 Å². The highest BCUT2D eigenvalue weighted by Crippen LogP contribution is 2.27. The van der Waals surface area contributed by atoms with Crippen LogP contribution in [0.15, 0.2) is 67.0 Å². The van der Waals surface area contributed by atoms with Crippen molar-refractivity contribution in [2.45, 2.75) is 32.7 Å². The molecule has 0 radical (unpaired) electrons. The van der Waals surface area contributed by atoms with Crippen LogP contribution in [0.25, 0.3) is 21.8 Å². The van der Waals surface area contributed by atoms with Gasteiger partial charge in [-0.15, -0.1) is 0 Å². The van der Waals surface area contributed by atoms with Crippen LogP contribution in [-0.4, -0.2) is 15.5 Å². The molecule has 2 aromatic carbocycles. The van der Waals surface area contributed by atoms with Crippen LogP contribution >= 0.6 is 0 Å². The van der Waals surface area contributed by atoms with Gasteiger partial charge < -0.3 is 9.30 Å². The van der Waals surface area contributed by atoms with Crippen LogP contribution in [0.5, 0.6) is 5.75 Å². The lowest BCUT2D eigenvalue weighted by Crippen LogP contribution is -2.08. The molecule has 0 bridgehead atoms. The summed E-state index contributed by atoms with van der Waals surface area (Å²) in [5.74, 6) is 0.199. The number of carbonyl (C=O) groups excluding carboxylic acids is 1. The molecule has 0 aliphatic heterocycles. The van der Waals surface area contributed by atoms with E-state index in [0.717, 1.165) is 34.8 Å². The van der Waals surface area contributed by atoms with Gasteiger partial charge in [0.15, 0.2) is 0 Å². The lowest BCUT2D eigenvalue weighted by molar-refractivity contribution is 0.0739. The Morgan fingerprint density at radius 2 is 1.78 bits per heavy atom. The van der Waals surface area contributed by atoms with Gasteiger partial charge in [0.25, 0.3) is 0 Å². The Morgan fingerprint density at radius 1 is 1.00 bits per heavy atom. The first-order chi connectivity index (χ1) is 13.3. The van der Waals surface area contributed by atoms with E-state index in [1.807, 2.05) is 48.7 Å². The third-order valence-electron chi connectivity index (χ3n) is 4.82. The summed E-state index contributed by atoms with van der Waals surface area (Å²) in [6.07, 6.45) is 7.03. The first kappa shape index (κ1) is 17.3. The molecule has 0 saturated heterocycles. The minimum Gasteiger partial charge on any atom is -0.422 e. The Kier molecular flexibility index (Phi) is 4.88. The molecule has 0 spiro atoms. The number of carbonyl (C=O) groups is 1. The first-order valence-electron chi connectivity index (χ1n) is 9.41. The zero-order chi connectivity index (χ0) is 18.6. The molecule has 0 unspecified atom stereocenters. The molecule has 2 aromatic heterocycles. The lowest BCUT2D eigenvalue weighted by atomic mass is 10.2. The number of esters is 1. The SMILES string of the molecule is CCCCCn1cc(C(=O)Oc2ccnc3ccccc23)c2ccccc21. The van der Waals surface area contributed by atoms with Gasteiger partial charge in [-0.2, -0.15) is 0 Å². The van der Waals surface area contributed by atoms with Crippen molar-refractivity contribution < 1.29 is 9.53 Å². The van der Waals surface area contributed by atoms with E-state index in [1.54, 1.807) is 12.3 Å². The number of rotatable bonds is 6. The van der Waals surface area contributed by atoms with Crippen molar-refractivity contribution in [1.82, 2.24) is 9.55 Å². The van der Waals surface area contributed by atoms with Gasteiger partial charge in [0, 0.05) is 35.2 Å². The number of para-hydroxylation sites is 2. The summed E-state index contributed by atoms with van der Waals surface area (Å²) in [4.78, 5) is 17.3. The van der Waals surface area contributed by atoms with E-state index < -0.39 is 0 Å². The molecule has 0 N–H and O–H groups in total. The summed E-state index contributed by atoms with van der Waals surface area (Å²) in [6.45, 7) is 3.09. The summed E-state index contributed by atoms with van der Waals surface area (Å²) in [6, 6.07) is 17.4. The molecule has 0 fully saturated rings. The van der Waals surface area contributed by atoms with Gasteiger partial charge in [-0.25, -0.2) is 4.79 Å². The summed E-state index contributed by atoms with van der Waals surface area (Å²) < 4.78 is 7.93. The second kappa shape index (κ2) is 7.62. The van der Waals surface area contributed by atoms with Crippen LogP contribution in [0.2, 0.25) is 0 Å². The van der Waals surface area contributed by atoms with E-state index in [9.17, 15) is 4.79 Å². The smallest absolute Gasteiger partial charge is 0.345 e.